The van der Waals surface area contributed by atoms with Gasteiger partial charge >= 0.3 is 0 Å². The monoisotopic (exact) mass is 192 g/mol. The summed E-state index contributed by atoms with van der Waals surface area (Å²) in [5.74, 6) is 6.69. The summed E-state index contributed by atoms with van der Waals surface area (Å²) >= 11 is 0. The van der Waals surface area contributed by atoms with Crippen LogP contribution in [-0.2, 0) is 4.79 Å². The Labute approximate surface area is 87.6 Å². The van der Waals surface area contributed by atoms with E-state index in [2.05, 4.69) is 11.8 Å². The molecule has 0 fully saturated rings. The summed E-state index contributed by atoms with van der Waals surface area (Å²) in [4.78, 5) is 11.5. The predicted octanol–water partition coefficient (Wildman–Crippen LogP) is 3.06. The maximum absolute atomic E-state index is 11.5. The molecule has 0 radical (unpaired) electrons. The summed E-state index contributed by atoms with van der Waals surface area (Å²) in [7, 11) is 0. The normalized spacial score (nSPS) is 13.1. The van der Waals surface area contributed by atoms with Crippen molar-refractivity contribution < 1.29 is 4.79 Å². The third-order valence-corrected chi connectivity index (χ3v) is 1.86. The van der Waals surface area contributed by atoms with Gasteiger partial charge in [-0.3, -0.25) is 4.79 Å². The summed E-state index contributed by atoms with van der Waals surface area (Å²) in [5, 5.41) is 0. The molecule has 0 spiro atoms. The highest BCUT2D eigenvalue weighted by Crippen LogP contribution is 2.07. The number of rotatable bonds is 3. The lowest BCUT2D eigenvalue weighted by Gasteiger charge is -2.06. The highest BCUT2D eigenvalue weighted by Gasteiger charge is 2.12. The molecule has 0 aliphatic rings. The van der Waals surface area contributed by atoms with E-state index in [0.717, 1.165) is 0 Å². The van der Waals surface area contributed by atoms with Gasteiger partial charge in [0.1, 0.15) is 5.78 Å². The molecule has 0 aliphatic carbocycles. The third-order valence-electron chi connectivity index (χ3n) is 1.86. The fraction of sp³-hybridized carbons (Fsp3) is 0.615. The largest absolute Gasteiger partial charge is 0.299 e. The van der Waals surface area contributed by atoms with Crippen LogP contribution in [0.15, 0.2) is 12.2 Å². The van der Waals surface area contributed by atoms with Gasteiger partial charge in [-0.2, -0.15) is 0 Å². The van der Waals surface area contributed by atoms with Crippen molar-refractivity contribution in [2.24, 2.45) is 17.8 Å². The fourth-order valence-electron chi connectivity index (χ4n) is 1.03. The lowest BCUT2D eigenvalue weighted by Crippen LogP contribution is -2.14. The van der Waals surface area contributed by atoms with Gasteiger partial charge in [0, 0.05) is 17.8 Å². The SMILES string of the molecule is CC(C)C#C/C=C/C(C)C(=O)C(C)C. The van der Waals surface area contributed by atoms with Gasteiger partial charge in [0.15, 0.2) is 0 Å². The van der Waals surface area contributed by atoms with E-state index < -0.39 is 0 Å². The number of hydrogen-bond donors (Lipinski definition) is 0. The van der Waals surface area contributed by atoms with Gasteiger partial charge in [-0.1, -0.05) is 52.5 Å². The number of ketones is 1. The summed E-state index contributed by atoms with van der Waals surface area (Å²) in [6, 6.07) is 0. The van der Waals surface area contributed by atoms with E-state index in [1.54, 1.807) is 6.08 Å². The molecule has 0 aromatic heterocycles. The van der Waals surface area contributed by atoms with E-state index in [-0.39, 0.29) is 17.6 Å². The van der Waals surface area contributed by atoms with Crippen molar-refractivity contribution >= 4 is 5.78 Å². The van der Waals surface area contributed by atoms with Gasteiger partial charge in [-0.15, -0.1) is 0 Å². The van der Waals surface area contributed by atoms with Crippen molar-refractivity contribution in [1.29, 1.82) is 0 Å². The molecule has 14 heavy (non-hydrogen) atoms. The van der Waals surface area contributed by atoms with Crippen LogP contribution in [0.5, 0.6) is 0 Å². The minimum absolute atomic E-state index is 0.0172. The average Bonchev–Trinajstić information content (AvgIpc) is 2.10. The first-order valence-corrected chi connectivity index (χ1v) is 5.16. The number of carbonyl (C=O) groups is 1. The maximum atomic E-state index is 11.5. The zero-order valence-electron chi connectivity index (χ0n) is 9.79. The molecule has 0 bridgehead atoms. The number of allylic oxidation sites excluding steroid dienone is 2. The van der Waals surface area contributed by atoms with Gasteiger partial charge in [0.25, 0.3) is 0 Å². The first kappa shape index (κ1) is 13.0. The summed E-state index contributed by atoms with van der Waals surface area (Å²) < 4.78 is 0. The van der Waals surface area contributed by atoms with E-state index in [1.807, 2.05) is 40.7 Å². The zero-order chi connectivity index (χ0) is 11.1. The van der Waals surface area contributed by atoms with Gasteiger partial charge in [-0.05, 0) is 6.08 Å². The summed E-state index contributed by atoms with van der Waals surface area (Å²) in [5.41, 5.74) is 0. The number of hydrogen-bond acceptors (Lipinski definition) is 1. The predicted molar refractivity (Wildman–Crippen MR) is 60.8 cm³/mol. The van der Waals surface area contributed by atoms with Crippen molar-refractivity contribution in [3.05, 3.63) is 12.2 Å². The molecule has 1 nitrogen and oxygen atoms in total. The van der Waals surface area contributed by atoms with Gasteiger partial charge in [0.05, 0.1) is 0 Å². The van der Waals surface area contributed by atoms with E-state index in [9.17, 15) is 4.79 Å². The molecule has 0 amide bonds. The highest BCUT2D eigenvalue weighted by atomic mass is 16.1. The lowest BCUT2D eigenvalue weighted by molar-refractivity contribution is -0.123. The molecule has 1 unspecified atom stereocenters. The minimum Gasteiger partial charge on any atom is -0.299 e. The van der Waals surface area contributed by atoms with E-state index in [0.29, 0.717) is 5.92 Å². The van der Waals surface area contributed by atoms with Crippen LogP contribution in [0, 0.1) is 29.6 Å². The Balaban J connectivity index is 4.14. The molecule has 0 N–H and O–H groups in total. The number of Topliss-reactive ketones (excluding diaryl/α,β-unsaturated/α-hetero) is 1. The molecule has 0 aromatic carbocycles. The van der Waals surface area contributed by atoms with Gasteiger partial charge < -0.3 is 0 Å². The average molecular weight is 192 g/mol. The maximum Gasteiger partial charge on any atom is 0.141 e. The molecular formula is C13H20O. The second-order valence-electron chi connectivity index (χ2n) is 4.15. The van der Waals surface area contributed by atoms with Crippen LogP contribution < -0.4 is 0 Å². The van der Waals surface area contributed by atoms with Crippen LogP contribution in [0.4, 0.5) is 0 Å². The third kappa shape index (κ3) is 5.59. The van der Waals surface area contributed by atoms with Crippen LogP contribution >= 0.6 is 0 Å². The second kappa shape index (κ2) is 6.43. The van der Waals surface area contributed by atoms with Gasteiger partial charge in [-0.25, -0.2) is 0 Å². The second-order valence-corrected chi connectivity index (χ2v) is 4.15. The Morgan fingerprint density at radius 3 is 2.14 bits per heavy atom. The smallest absolute Gasteiger partial charge is 0.141 e. The Morgan fingerprint density at radius 1 is 1.14 bits per heavy atom. The zero-order valence-corrected chi connectivity index (χ0v) is 9.79. The Kier molecular flexibility index (Phi) is 5.95. The van der Waals surface area contributed by atoms with Gasteiger partial charge in [0.2, 0.25) is 0 Å². The van der Waals surface area contributed by atoms with Crippen LogP contribution in [0.2, 0.25) is 0 Å². The molecule has 1 heteroatoms. The fourth-order valence-corrected chi connectivity index (χ4v) is 1.03. The standard InChI is InChI=1S/C13H20O/c1-10(2)8-6-7-9-12(5)13(14)11(3)4/h7,9-12H,1-5H3/b9-7+. The molecule has 1 atom stereocenters. The van der Waals surface area contributed by atoms with Crippen molar-refractivity contribution in [2.75, 3.05) is 0 Å². The van der Waals surface area contributed by atoms with Crippen molar-refractivity contribution in [2.45, 2.75) is 34.6 Å². The molecule has 0 rings (SSSR count). The Hall–Kier alpha value is -1.03. The molecule has 0 aromatic rings. The first-order chi connectivity index (χ1) is 6.45. The first-order valence-electron chi connectivity index (χ1n) is 5.16. The van der Waals surface area contributed by atoms with E-state index >= 15 is 0 Å². The van der Waals surface area contributed by atoms with Crippen LogP contribution in [0.1, 0.15) is 34.6 Å². The van der Waals surface area contributed by atoms with E-state index in [1.165, 1.54) is 0 Å². The summed E-state index contributed by atoms with van der Waals surface area (Å²) in [6.07, 6.45) is 3.66. The minimum atomic E-state index is -0.0172. The van der Waals surface area contributed by atoms with Crippen molar-refractivity contribution in [3.8, 4) is 11.8 Å². The van der Waals surface area contributed by atoms with E-state index in [4.69, 9.17) is 0 Å². The van der Waals surface area contributed by atoms with Crippen LogP contribution in [0.25, 0.3) is 0 Å². The van der Waals surface area contributed by atoms with Crippen LogP contribution in [0.3, 0.4) is 0 Å². The Morgan fingerprint density at radius 2 is 1.71 bits per heavy atom. The van der Waals surface area contributed by atoms with Crippen molar-refractivity contribution in [3.63, 3.8) is 0 Å². The quantitative estimate of drug-likeness (QED) is 0.628. The Bertz CT molecular complexity index is 261. The molecule has 0 saturated heterocycles. The summed E-state index contributed by atoms with van der Waals surface area (Å²) in [6.45, 7) is 9.85. The lowest BCUT2D eigenvalue weighted by atomic mass is 9.97. The topological polar surface area (TPSA) is 17.1 Å². The molecule has 0 saturated carbocycles. The molecule has 0 aliphatic heterocycles. The van der Waals surface area contributed by atoms with Crippen molar-refractivity contribution in [1.82, 2.24) is 0 Å². The molecule has 0 heterocycles. The highest BCUT2D eigenvalue weighted by molar-refractivity contribution is 5.84. The molecule has 78 valence electrons. The van der Waals surface area contributed by atoms with Crippen LogP contribution in [-0.4, -0.2) is 5.78 Å². The number of carbonyl (C=O) groups excluding carboxylic acids is 1. The molecular weight excluding hydrogens is 172 g/mol.